The minimum Gasteiger partial charge on any atom is -1.00 e. The maximum atomic E-state index is 3.98. The van der Waals surface area contributed by atoms with Crippen LogP contribution in [0.15, 0.2) is 24.5 Å². The Bertz CT molecular complexity index is 247. The quantitative estimate of drug-likeness (QED) is 0.720. The first kappa shape index (κ1) is 13.4. The van der Waals surface area contributed by atoms with Gasteiger partial charge in [0.25, 0.3) is 0 Å². The summed E-state index contributed by atoms with van der Waals surface area (Å²) in [4.78, 5) is 3.98. The van der Waals surface area contributed by atoms with Gasteiger partial charge < -0.3 is 17.7 Å². The molecule has 0 unspecified atom stereocenters. The minimum absolute atomic E-state index is 0. The number of nitrogens with one attached hydrogen (secondary N) is 1. The molecule has 0 aliphatic carbocycles. The van der Waals surface area contributed by atoms with Gasteiger partial charge in [-0.2, -0.15) is 0 Å². The monoisotopic (exact) mass is 213 g/mol. The maximum absolute atomic E-state index is 3.98. The smallest absolute Gasteiger partial charge is 0.0271 e. The van der Waals surface area contributed by atoms with Crippen molar-refractivity contribution < 1.29 is 12.4 Å². The molecule has 0 fully saturated rings. The van der Waals surface area contributed by atoms with Gasteiger partial charge in [-0.05, 0) is 38.0 Å². The Kier molecular flexibility index (Phi) is 5.73. The molecule has 1 rings (SSSR count). The van der Waals surface area contributed by atoms with Crippen molar-refractivity contribution in [3.63, 3.8) is 0 Å². The summed E-state index contributed by atoms with van der Waals surface area (Å²) in [6.45, 7) is 7.55. The fraction of sp³-hybridized carbons (Fsp3) is 0.545. The van der Waals surface area contributed by atoms with Gasteiger partial charge in [-0.25, -0.2) is 0 Å². The molecular formula is C11H18ClN2-. The van der Waals surface area contributed by atoms with Crippen LogP contribution in [0.2, 0.25) is 0 Å². The van der Waals surface area contributed by atoms with Gasteiger partial charge in [-0.3, -0.25) is 4.98 Å². The third-order valence-corrected chi connectivity index (χ3v) is 2.40. The number of halogens is 1. The molecule has 14 heavy (non-hydrogen) atoms. The van der Waals surface area contributed by atoms with Crippen LogP contribution in [0.5, 0.6) is 0 Å². The van der Waals surface area contributed by atoms with Crippen molar-refractivity contribution in [2.24, 2.45) is 0 Å². The highest BCUT2D eigenvalue weighted by atomic mass is 35.5. The van der Waals surface area contributed by atoms with Crippen LogP contribution in [-0.2, 0) is 6.54 Å². The molecule has 1 aromatic heterocycles. The summed E-state index contributed by atoms with van der Waals surface area (Å²) in [5, 5.41) is 3.50. The topological polar surface area (TPSA) is 24.9 Å². The Morgan fingerprint density at radius 1 is 1.29 bits per heavy atom. The van der Waals surface area contributed by atoms with Crippen LogP contribution in [0.1, 0.15) is 32.8 Å². The molecule has 0 aliphatic rings. The van der Waals surface area contributed by atoms with Crippen molar-refractivity contribution in [3.8, 4) is 0 Å². The molecule has 1 aromatic rings. The predicted molar refractivity (Wildman–Crippen MR) is 55.4 cm³/mol. The van der Waals surface area contributed by atoms with Gasteiger partial charge in [0.2, 0.25) is 0 Å². The van der Waals surface area contributed by atoms with E-state index in [0.29, 0.717) is 0 Å². The van der Waals surface area contributed by atoms with Gasteiger partial charge >= 0.3 is 0 Å². The molecule has 0 aromatic carbocycles. The third kappa shape index (κ3) is 4.58. The molecule has 0 amide bonds. The van der Waals surface area contributed by atoms with Crippen molar-refractivity contribution in [3.05, 3.63) is 30.1 Å². The van der Waals surface area contributed by atoms with Crippen LogP contribution in [0.25, 0.3) is 0 Å². The van der Waals surface area contributed by atoms with Gasteiger partial charge in [0.15, 0.2) is 0 Å². The lowest BCUT2D eigenvalue weighted by Gasteiger charge is -2.24. The first-order valence-electron chi connectivity index (χ1n) is 4.78. The minimum atomic E-state index is 0. The number of rotatable bonds is 4. The molecule has 80 valence electrons. The van der Waals surface area contributed by atoms with Gasteiger partial charge in [-0.1, -0.05) is 6.92 Å². The van der Waals surface area contributed by atoms with Crippen LogP contribution < -0.4 is 17.7 Å². The standard InChI is InChI=1S/C11H18N2.ClH/c1-4-11(2,3)13-9-10-5-7-12-8-6-10;/h5-8,13H,4,9H2,1-3H3;1H/p-1. The Morgan fingerprint density at radius 3 is 2.36 bits per heavy atom. The van der Waals surface area contributed by atoms with Crippen LogP contribution in [-0.4, -0.2) is 10.5 Å². The van der Waals surface area contributed by atoms with E-state index in [1.807, 2.05) is 24.5 Å². The molecule has 0 spiro atoms. The first-order chi connectivity index (χ1) is 6.14. The lowest BCUT2D eigenvalue weighted by atomic mass is 10.0. The Morgan fingerprint density at radius 2 is 1.86 bits per heavy atom. The lowest BCUT2D eigenvalue weighted by Crippen LogP contribution is -3.00. The van der Waals surface area contributed by atoms with Crippen LogP contribution in [0.3, 0.4) is 0 Å². The molecule has 0 radical (unpaired) electrons. The molecule has 0 bridgehead atoms. The zero-order valence-electron chi connectivity index (χ0n) is 9.05. The summed E-state index contributed by atoms with van der Waals surface area (Å²) >= 11 is 0. The molecular weight excluding hydrogens is 196 g/mol. The van der Waals surface area contributed by atoms with Gasteiger partial charge in [0, 0.05) is 24.5 Å². The van der Waals surface area contributed by atoms with E-state index in [-0.39, 0.29) is 17.9 Å². The SMILES string of the molecule is CCC(C)(C)NCc1ccncc1.[Cl-]. The van der Waals surface area contributed by atoms with Crippen molar-refractivity contribution in [2.75, 3.05) is 0 Å². The van der Waals surface area contributed by atoms with Gasteiger partial charge in [0.05, 0.1) is 0 Å². The first-order valence-corrected chi connectivity index (χ1v) is 4.78. The lowest BCUT2D eigenvalue weighted by molar-refractivity contribution is -0.00000340. The highest BCUT2D eigenvalue weighted by molar-refractivity contribution is 5.09. The van der Waals surface area contributed by atoms with Crippen LogP contribution in [0, 0.1) is 0 Å². The van der Waals surface area contributed by atoms with Crippen molar-refractivity contribution in [1.29, 1.82) is 0 Å². The second-order valence-corrected chi connectivity index (χ2v) is 3.95. The summed E-state index contributed by atoms with van der Waals surface area (Å²) in [7, 11) is 0. The second kappa shape index (κ2) is 5.99. The van der Waals surface area contributed by atoms with Crippen LogP contribution >= 0.6 is 0 Å². The van der Waals surface area contributed by atoms with E-state index in [1.54, 1.807) is 0 Å². The number of nitrogens with zero attached hydrogens (tertiary/aromatic N) is 1. The predicted octanol–water partition coefficient (Wildman–Crippen LogP) is -0.636. The molecule has 1 N–H and O–H groups in total. The average molecular weight is 214 g/mol. The number of hydrogen-bond acceptors (Lipinski definition) is 2. The fourth-order valence-corrected chi connectivity index (χ4v) is 0.967. The molecule has 0 aliphatic heterocycles. The number of hydrogen-bond donors (Lipinski definition) is 1. The second-order valence-electron chi connectivity index (χ2n) is 3.95. The summed E-state index contributed by atoms with van der Waals surface area (Å²) in [5.74, 6) is 0. The molecule has 0 atom stereocenters. The number of pyridine rings is 1. The molecule has 0 saturated carbocycles. The van der Waals surface area contributed by atoms with Crippen molar-refractivity contribution in [1.82, 2.24) is 10.3 Å². The zero-order valence-corrected chi connectivity index (χ0v) is 9.80. The average Bonchev–Trinajstić information content (AvgIpc) is 2.17. The summed E-state index contributed by atoms with van der Waals surface area (Å²) in [6.07, 6.45) is 4.80. The van der Waals surface area contributed by atoms with E-state index >= 15 is 0 Å². The van der Waals surface area contributed by atoms with E-state index in [1.165, 1.54) is 5.56 Å². The van der Waals surface area contributed by atoms with E-state index in [2.05, 4.69) is 31.1 Å². The number of aromatic nitrogens is 1. The molecule has 2 nitrogen and oxygen atoms in total. The maximum Gasteiger partial charge on any atom is 0.0271 e. The Balaban J connectivity index is 0.00000169. The van der Waals surface area contributed by atoms with E-state index in [9.17, 15) is 0 Å². The molecule has 3 heteroatoms. The highest BCUT2D eigenvalue weighted by Crippen LogP contribution is 2.08. The van der Waals surface area contributed by atoms with E-state index < -0.39 is 0 Å². The zero-order chi connectivity index (χ0) is 9.73. The van der Waals surface area contributed by atoms with Crippen LogP contribution in [0.4, 0.5) is 0 Å². The fourth-order valence-electron chi connectivity index (χ4n) is 0.967. The molecule has 0 saturated heterocycles. The van der Waals surface area contributed by atoms with Gasteiger partial charge in [-0.15, -0.1) is 0 Å². The largest absolute Gasteiger partial charge is 1.00 e. The summed E-state index contributed by atoms with van der Waals surface area (Å²) < 4.78 is 0. The highest BCUT2D eigenvalue weighted by Gasteiger charge is 2.12. The van der Waals surface area contributed by atoms with Gasteiger partial charge in [0.1, 0.15) is 0 Å². The summed E-state index contributed by atoms with van der Waals surface area (Å²) in [5.41, 5.74) is 1.51. The Labute approximate surface area is 92.5 Å². The Hall–Kier alpha value is -0.600. The normalized spacial score (nSPS) is 10.8. The van der Waals surface area contributed by atoms with Crippen molar-refractivity contribution >= 4 is 0 Å². The van der Waals surface area contributed by atoms with E-state index in [4.69, 9.17) is 0 Å². The molecule has 1 heterocycles. The van der Waals surface area contributed by atoms with E-state index in [0.717, 1.165) is 13.0 Å². The third-order valence-electron chi connectivity index (χ3n) is 2.40. The van der Waals surface area contributed by atoms with Crippen molar-refractivity contribution in [2.45, 2.75) is 39.3 Å². The summed E-state index contributed by atoms with van der Waals surface area (Å²) in [6, 6.07) is 4.08.